The molecule has 1 amide bonds. The standard InChI is InChI=1S/C19H22N2O2/c22-13-12-21(18-10-11-18)14-19(23)20-17-8-6-16(7-9-17)15-4-2-1-3-5-15/h1-9,18,22H,10-14H2,(H,20,23). The normalized spacial score (nSPS) is 14.0. The maximum absolute atomic E-state index is 12.2. The number of rotatable bonds is 7. The lowest BCUT2D eigenvalue weighted by molar-refractivity contribution is -0.117. The summed E-state index contributed by atoms with van der Waals surface area (Å²) in [5.74, 6) is -0.0298. The second-order valence-electron chi connectivity index (χ2n) is 5.92. The summed E-state index contributed by atoms with van der Waals surface area (Å²) >= 11 is 0. The Morgan fingerprint density at radius 2 is 1.70 bits per heavy atom. The highest BCUT2D eigenvalue weighted by molar-refractivity contribution is 5.92. The van der Waals surface area contributed by atoms with Gasteiger partial charge in [-0.1, -0.05) is 42.5 Å². The van der Waals surface area contributed by atoms with Crippen molar-refractivity contribution in [2.45, 2.75) is 18.9 Å². The molecule has 0 radical (unpaired) electrons. The number of hydrogen-bond acceptors (Lipinski definition) is 3. The van der Waals surface area contributed by atoms with Gasteiger partial charge in [0.25, 0.3) is 0 Å². The van der Waals surface area contributed by atoms with Crippen LogP contribution >= 0.6 is 0 Å². The van der Waals surface area contributed by atoms with E-state index in [2.05, 4.69) is 17.4 Å². The second-order valence-corrected chi connectivity index (χ2v) is 5.92. The van der Waals surface area contributed by atoms with E-state index in [1.807, 2.05) is 47.4 Å². The third kappa shape index (κ3) is 4.41. The van der Waals surface area contributed by atoms with Crippen molar-refractivity contribution in [1.29, 1.82) is 0 Å². The Morgan fingerprint density at radius 1 is 1.04 bits per heavy atom. The molecule has 4 heteroatoms. The average molecular weight is 310 g/mol. The molecule has 0 atom stereocenters. The summed E-state index contributed by atoms with van der Waals surface area (Å²) in [4.78, 5) is 14.2. The van der Waals surface area contributed by atoms with E-state index < -0.39 is 0 Å². The first kappa shape index (κ1) is 15.7. The van der Waals surface area contributed by atoms with Crippen LogP contribution < -0.4 is 5.32 Å². The van der Waals surface area contributed by atoms with Crippen LogP contribution in [0.25, 0.3) is 11.1 Å². The molecule has 0 bridgehead atoms. The number of aliphatic hydroxyl groups excluding tert-OH is 1. The summed E-state index contributed by atoms with van der Waals surface area (Å²) in [7, 11) is 0. The lowest BCUT2D eigenvalue weighted by atomic mass is 10.1. The highest BCUT2D eigenvalue weighted by Crippen LogP contribution is 2.26. The van der Waals surface area contributed by atoms with Gasteiger partial charge in [0.15, 0.2) is 0 Å². The second kappa shape index (κ2) is 7.40. The minimum absolute atomic E-state index is 0.0298. The number of nitrogens with one attached hydrogen (secondary N) is 1. The molecule has 0 spiro atoms. The van der Waals surface area contributed by atoms with E-state index in [4.69, 9.17) is 5.11 Å². The van der Waals surface area contributed by atoms with Gasteiger partial charge < -0.3 is 10.4 Å². The molecule has 1 fully saturated rings. The van der Waals surface area contributed by atoms with Crippen LogP contribution in [0.15, 0.2) is 54.6 Å². The van der Waals surface area contributed by atoms with Crippen molar-refractivity contribution in [2.75, 3.05) is 25.0 Å². The molecule has 0 aromatic heterocycles. The average Bonchev–Trinajstić information content (AvgIpc) is 3.41. The molecule has 23 heavy (non-hydrogen) atoms. The van der Waals surface area contributed by atoms with Gasteiger partial charge in [-0.25, -0.2) is 0 Å². The molecule has 0 heterocycles. The fraction of sp³-hybridized carbons (Fsp3) is 0.316. The van der Waals surface area contributed by atoms with Gasteiger partial charge in [-0.3, -0.25) is 9.69 Å². The first-order valence-corrected chi connectivity index (χ1v) is 8.06. The van der Waals surface area contributed by atoms with Gasteiger partial charge in [-0.15, -0.1) is 0 Å². The van der Waals surface area contributed by atoms with Gasteiger partial charge in [0.2, 0.25) is 5.91 Å². The van der Waals surface area contributed by atoms with Crippen LogP contribution in [0.2, 0.25) is 0 Å². The molecule has 1 aliphatic carbocycles. The molecule has 1 aliphatic rings. The summed E-state index contributed by atoms with van der Waals surface area (Å²) in [5, 5.41) is 12.0. The molecule has 3 rings (SSSR count). The third-order valence-electron chi connectivity index (χ3n) is 4.07. The Hall–Kier alpha value is -2.17. The fourth-order valence-corrected chi connectivity index (χ4v) is 2.72. The number of amides is 1. The van der Waals surface area contributed by atoms with Gasteiger partial charge in [-0.2, -0.15) is 0 Å². The number of hydrogen-bond donors (Lipinski definition) is 2. The Morgan fingerprint density at radius 3 is 2.30 bits per heavy atom. The summed E-state index contributed by atoms with van der Waals surface area (Å²) in [6, 6.07) is 18.5. The molecule has 2 aromatic rings. The topological polar surface area (TPSA) is 52.6 Å². The minimum atomic E-state index is -0.0298. The summed E-state index contributed by atoms with van der Waals surface area (Å²) in [5.41, 5.74) is 3.09. The first-order chi connectivity index (χ1) is 11.3. The number of nitrogens with zero attached hydrogens (tertiary/aromatic N) is 1. The maximum Gasteiger partial charge on any atom is 0.238 e. The maximum atomic E-state index is 12.2. The monoisotopic (exact) mass is 310 g/mol. The van der Waals surface area contributed by atoms with Gasteiger partial charge >= 0.3 is 0 Å². The summed E-state index contributed by atoms with van der Waals surface area (Å²) < 4.78 is 0. The van der Waals surface area contributed by atoms with Gasteiger partial charge in [0, 0.05) is 18.3 Å². The van der Waals surface area contributed by atoms with Gasteiger partial charge in [0.05, 0.1) is 13.2 Å². The van der Waals surface area contributed by atoms with E-state index in [-0.39, 0.29) is 12.5 Å². The van der Waals surface area contributed by atoms with Crippen LogP contribution in [0.1, 0.15) is 12.8 Å². The van der Waals surface area contributed by atoms with E-state index in [1.165, 1.54) is 0 Å². The summed E-state index contributed by atoms with van der Waals surface area (Å²) in [6.07, 6.45) is 2.25. The van der Waals surface area contributed by atoms with Crippen molar-refractivity contribution >= 4 is 11.6 Å². The Labute approximate surface area is 136 Å². The van der Waals surface area contributed by atoms with E-state index in [9.17, 15) is 4.79 Å². The predicted octanol–water partition coefficient (Wildman–Crippen LogP) is 2.75. The SMILES string of the molecule is O=C(CN(CCO)C1CC1)Nc1ccc(-c2ccccc2)cc1. The van der Waals surface area contributed by atoms with Crippen molar-refractivity contribution < 1.29 is 9.90 Å². The molecule has 2 aromatic carbocycles. The third-order valence-corrected chi connectivity index (χ3v) is 4.07. The number of carbonyl (C=O) groups excluding carboxylic acids is 1. The highest BCUT2D eigenvalue weighted by Gasteiger charge is 2.29. The van der Waals surface area contributed by atoms with Crippen molar-refractivity contribution in [3.05, 3.63) is 54.6 Å². The largest absolute Gasteiger partial charge is 0.395 e. The number of aliphatic hydroxyl groups is 1. The lowest BCUT2D eigenvalue weighted by Gasteiger charge is -2.20. The van der Waals surface area contributed by atoms with Gasteiger partial charge in [0.1, 0.15) is 0 Å². The number of anilines is 1. The molecule has 2 N–H and O–H groups in total. The molecule has 120 valence electrons. The molecule has 1 saturated carbocycles. The predicted molar refractivity (Wildman–Crippen MR) is 92.2 cm³/mol. The smallest absolute Gasteiger partial charge is 0.238 e. The molecule has 4 nitrogen and oxygen atoms in total. The van der Waals surface area contributed by atoms with Crippen LogP contribution in [-0.4, -0.2) is 41.7 Å². The number of carbonyl (C=O) groups is 1. The van der Waals surface area contributed by atoms with Crippen molar-refractivity contribution in [2.24, 2.45) is 0 Å². The highest BCUT2D eigenvalue weighted by atomic mass is 16.3. The Bertz CT molecular complexity index is 636. The van der Waals surface area contributed by atoms with E-state index in [0.29, 0.717) is 19.1 Å². The van der Waals surface area contributed by atoms with E-state index >= 15 is 0 Å². The van der Waals surface area contributed by atoms with Crippen LogP contribution in [0.4, 0.5) is 5.69 Å². The van der Waals surface area contributed by atoms with E-state index in [0.717, 1.165) is 29.7 Å². The Balaban J connectivity index is 1.58. The van der Waals surface area contributed by atoms with Crippen LogP contribution in [0.5, 0.6) is 0 Å². The molecule has 0 unspecified atom stereocenters. The molecular formula is C19H22N2O2. The zero-order valence-corrected chi connectivity index (χ0v) is 13.1. The fourth-order valence-electron chi connectivity index (χ4n) is 2.72. The van der Waals surface area contributed by atoms with E-state index in [1.54, 1.807) is 0 Å². The molecule has 0 saturated heterocycles. The zero-order valence-electron chi connectivity index (χ0n) is 13.1. The quantitative estimate of drug-likeness (QED) is 0.827. The van der Waals surface area contributed by atoms with Crippen molar-refractivity contribution in [3.63, 3.8) is 0 Å². The van der Waals surface area contributed by atoms with Gasteiger partial charge in [-0.05, 0) is 36.1 Å². The van der Waals surface area contributed by atoms with Crippen LogP contribution in [-0.2, 0) is 4.79 Å². The molecule has 0 aliphatic heterocycles. The minimum Gasteiger partial charge on any atom is -0.395 e. The van der Waals surface area contributed by atoms with Crippen molar-refractivity contribution in [3.8, 4) is 11.1 Å². The number of benzene rings is 2. The first-order valence-electron chi connectivity index (χ1n) is 8.06. The molecular weight excluding hydrogens is 288 g/mol. The van der Waals surface area contributed by atoms with Crippen molar-refractivity contribution in [1.82, 2.24) is 4.90 Å². The summed E-state index contributed by atoms with van der Waals surface area (Å²) in [6.45, 7) is 0.992. The van der Waals surface area contributed by atoms with Crippen LogP contribution in [0.3, 0.4) is 0 Å². The Kier molecular flexibility index (Phi) is 5.05. The van der Waals surface area contributed by atoms with Crippen LogP contribution in [0, 0.1) is 0 Å². The zero-order chi connectivity index (χ0) is 16.1. The lowest BCUT2D eigenvalue weighted by Crippen LogP contribution is -2.36.